The van der Waals surface area contributed by atoms with Crippen molar-refractivity contribution in [2.75, 3.05) is 32.0 Å². The van der Waals surface area contributed by atoms with Crippen LogP contribution in [0.4, 0.5) is 19.0 Å². The zero-order valence-corrected chi connectivity index (χ0v) is 18.6. The molecule has 34 heavy (non-hydrogen) atoms. The van der Waals surface area contributed by atoms with Crippen LogP contribution in [-0.4, -0.2) is 64.9 Å². The molecule has 3 aromatic rings. The lowest BCUT2D eigenvalue weighted by Crippen LogP contribution is -2.57. The van der Waals surface area contributed by atoms with Crippen LogP contribution in [0.2, 0.25) is 0 Å². The van der Waals surface area contributed by atoms with Gasteiger partial charge in [0.2, 0.25) is 0 Å². The lowest BCUT2D eigenvalue weighted by Gasteiger charge is -2.36. The maximum Gasteiger partial charge on any atom is 0.251 e. The Hall–Kier alpha value is -3.53. The number of hydrogen-bond acceptors (Lipinski definition) is 6. The maximum atomic E-state index is 14.4. The highest BCUT2D eigenvalue weighted by Crippen LogP contribution is 2.23. The molecule has 2 N–H and O–H groups in total. The molecule has 4 rings (SSSR count). The second-order valence-electron chi connectivity index (χ2n) is 8.34. The molecule has 7 nitrogen and oxygen atoms in total. The Balaban J connectivity index is 1.32. The van der Waals surface area contributed by atoms with Gasteiger partial charge < -0.3 is 15.5 Å². The Morgan fingerprint density at radius 1 is 1.15 bits per heavy atom. The van der Waals surface area contributed by atoms with Crippen LogP contribution in [0, 0.1) is 11.6 Å². The number of halogens is 3. The Morgan fingerprint density at radius 3 is 2.68 bits per heavy atom. The third-order valence-electron chi connectivity index (χ3n) is 5.58. The molecule has 1 fully saturated rings. The summed E-state index contributed by atoms with van der Waals surface area (Å²) in [6, 6.07) is 10.1. The molecular weight excluding hydrogens is 445 g/mol. The monoisotopic (exact) mass is 470 g/mol. The van der Waals surface area contributed by atoms with Gasteiger partial charge in [0, 0.05) is 43.4 Å². The third kappa shape index (κ3) is 5.88. The molecule has 10 heteroatoms. The number of likely N-dealkylation sites (N-methyl/N-ethyl adjacent to an activating group) is 1. The number of hydrogen-bond donors (Lipinski definition) is 2. The van der Waals surface area contributed by atoms with E-state index in [1.165, 1.54) is 36.5 Å². The molecule has 1 aliphatic rings. The molecule has 0 bridgehead atoms. The number of anilines is 1. The fourth-order valence-electron chi connectivity index (χ4n) is 3.73. The summed E-state index contributed by atoms with van der Waals surface area (Å²) in [5.41, 5.74) is 0.874. The average molecular weight is 470 g/mol. The number of amides is 1. The van der Waals surface area contributed by atoms with Gasteiger partial charge >= 0.3 is 0 Å². The number of alkyl halides is 1. The third-order valence-corrected chi connectivity index (χ3v) is 5.58. The molecule has 2 aromatic heterocycles. The van der Waals surface area contributed by atoms with Gasteiger partial charge in [-0.25, -0.2) is 13.2 Å². The number of aromatic nitrogens is 3. The Labute approximate surface area is 195 Å². The van der Waals surface area contributed by atoms with Crippen molar-refractivity contribution in [1.29, 1.82) is 0 Å². The molecule has 0 aliphatic carbocycles. The van der Waals surface area contributed by atoms with Crippen LogP contribution in [0.3, 0.4) is 0 Å². The van der Waals surface area contributed by atoms with Crippen molar-refractivity contribution in [2.24, 2.45) is 0 Å². The van der Waals surface area contributed by atoms with Gasteiger partial charge in [0.1, 0.15) is 23.6 Å². The number of rotatable bonds is 9. The second-order valence-corrected chi connectivity index (χ2v) is 8.34. The molecule has 0 unspecified atom stereocenters. The quantitative estimate of drug-likeness (QED) is 0.500. The van der Waals surface area contributed by atoms with E-state index in [1.54, 1.807) is 12.1 Å². The molecule has 1 amide bonds. The summed E-state index contributed by atoms with van der Waals surface area (Å²) < 4.78 is 42.2. The van der Waals surface area contributed by atoms with Crippen molar-refractivity contribution in [3.8, 4) is 11.3 Å². The van der Waals surface area contributed by atoms with Gasteiger partial charge in [-0.15, -0.1) is 10.2 Å². The first-order valence-electron chi connectivity index (χ1n) is 11.0. The highest BCUT2D eigenvalue weighted by molar-refractivity contribution is 5.95. The van der Waals surface area contributed by atoms with Crippen LogP contribution in [-0.2, 0) is 6.42 Å². The van der Waals surface area contributed by atoms with E-state index in [0.717, 1.165) is 13.1 Å². The van der Waals surface area contributed by atoms with Crippen molar-refractivity contribution >= 4 is 11.7 Å². The fourth-order valence-corrected chi connectivity index (χ4v) is 3.73. The SMILES string of the molecule is CN1CC(NC(=O)c2ccc(F)c(-c3ccc(NCC[C@H](F)Cc4ncccc4F)nn3)c2)C1. The predicted molar refractivity (Wildman–Crippen MR) is 122 cm³/mol. The van der Waals surface area contributed by atoms with Crippen LogP contribution in [0.25, 0.3) is 11.3 Å². The van der Waals surface area contributed by atoms with E-state index in [2.05, 4.69) is 30.7 Å². The summed E-state index contributed by atoms with van der Waals surface area (Å²) in [6.07, 6.45) is 0.174. The van der Waals surface area contributed by atoms with Crippen LogP contribution in [0.1, 0.15) is 22.5 Å². The number of carbonyl (C=O) groups excluding carboxylic acids is 1. The molecule has 178 valence electrons. The average Bonchev–Trinajstić information content (AvgIpc) is 2.80. The van der Waals surface area contributed by atoms with Crippen molar-refractivity contribution in [3.63, 3.8) is 0 Å². The van der Waals surface area contributed by atoms with Gasteiger partial charge in [-0.2, -0.15) is 0 Å². The van der Waals surface area contributed by atoms with Crippen molar-refractivity contribution < 1.29 is 18.0 Å². The largest absolute Gasteiger partial charge is 0.368 e. The summed E-state index contributed by atoms with van der Waals surface area (Å²) in [5.74, 6) is -0.915. The van der Waals surface area contributed by atoms with E-state index in [1.807, 2.05) is 7.05 Å². The van der Waals surface area contributed by atoms with Crippen molar-refractivity contribution in [1.82, 2.24) is 25.4 Å². The van der Waals surface area contributed by atoms with E-state index in [4.69, 9.17) is 0 Å². The first-order chi connectivity index (χ1) is 16.4. The minimum Gasteiger partial charge on any atom is -0.368 e. The predicted octanol–water partition coefficient (Wildman–Crippen LogP) is 3.24. The summed E-state index contributed by atoms with van der Waals surface area (Å²) in [6.45, 7) is 1.82. The van der Waals surface area contributed by atoms with Gasteiger partial charge in [0.25, 0.3) is 5.91 Å². The minimum absolute atomic E-state index is 0.0862. The highest BCUT2D eigenvalue weighted by Gasteiger charge is 2.25. The molecule has 0 saturated carbocycles. The van der Waals surface area contributed by atoms with E-state index in [9.17, 15) is 18.0 Å². The fraction of sp³-hybridized carbons (Fsp3) is 0.333. The van der Waals surface area contributed by atoms with Crippen LogP contribution in [0.5, 0.6) is 0 Å². The summed E-state index contributed by atoms with van der Waals surface area (Å²) >= 11 is 0. The van der Waals surface area contributed by atoms with Crippen LogP contribution in [0.15, 0.2) is 48.7 Å². The smallest absolute Gasteiger partial charge is 0.251 e. The Kier molecular flexibility index (Phi) is 7.36. The number of nitrogens with one attached hydrogen (secondary N) is 2. The molecule has 1 atom stereocenters. The van der Waals surface area contributed by atoms with E-state index >= 15 is 0 Å². The standard InChI is InChI=1S/C24H25F3N6O/c1-33-13-17(14-33)30-24(34)15-4-5-19(26)18(11-15)21-6-7-23(32-31-21)29-10-8-16(25)12-22-20(27)3-2-9-28-22/h2-7,9,11,16-17H,8,10,12-14H2,1H3,(H,29,32)(H,30,34)/t16-/m0/s1. The summed E-state index contributed by atoms with van der Waals surface area (Å²) in [7, 11) is 1.97. The molecule has 1 saturated heterocycles. The number of likely N-dealkylation sites (tertiary alicyclic amines) is 1. The van der Waals surface area contributed by atoms with Gasteiger partial charge in [0.15, 0.2) is 0 Å². The van der Waals surface area contributed by atoms with E-state index in [0.29, 0.717) is 11.4 Å². The molecule has 3 heterocycles. The lowest BCUT2D eigenvalue weighted by molar-refractivity contribution is 0.0857. The number of benzene rings is 1. The molecule has 1 aromatic carbocycles. The van der Waals surface area contributed by atoms with Gasteiger partial charge in [-0.3, -0.25) is 9.78 Å². The van der Waals surface area contributed by atoms with Crippen molar-refractivity contribution in [3.05, 3.63) is 71.6 Å². The van der Waals surface area contributed by atoms with Gasteiger partial charge in [0.05, 0.1) is 17.4 Å². The zero-order valence-electron chi connectivity index (χ0n) is 18.6. The summed E-state index contributed by atoms with van der Waals surface area (Å²) in [5, 5.41) is 13.9. The van der Waals surface area contributed by atoms with E-state index < -0.39 is 17.8 Å². The minimum atomic E-state index is -1.27. The number of carbonyl (C=O) groups is 1. The van der Waals surface area contributed by atoms with Crippen molar-refractivity contribution in [2.45, 2.75) is 25.1 Å². The Morgan fingerprint density at radius 2 is 1.97 bits per heavy atom. The molecule has 0 radical (unpaired) electrons. The molecule has 0 spiro atoms. The normalized spacial score (nSPS) is 14.9. The first kappa shape index (κ1) is 23.6. The second kappa shape index (κ2) is 10.6. The molecule has 1 aliphatic heterocycles. The van der Waals surface area contributed by atoms with Gasteiger partial charge in [-0.05, 0) is 55.9 Å². The summed E-state index contributed by atoms with van der Waals surface area (Å²) in [4.78, 5) is 18.4. The number of nitrogens with zero attached hydrogens (tertiary/aromatic N) is 4. The Bertz CT molecular complexity index is 1140. The van der Waals surface area contributed by atoms with Crippen LogP contribution < -0.4 is 10.6 Å². The zero-order chi connectivity index (χ0) is 24.1. The van der Waals surface area contributed by atoms with Crippen LogP contribution >= 0.6 is 0 Å². The van der Waals surface area contributed by atoms with E-state index in [-0.39, 0.29) is 48.3 Å². The lowest BCUT2D eigenvalue weighted by atomic mass is 10.1. The topological polar surface area (TPSA) is 83.0 Å². The highest BCUT2D eigenvalue weighted by atomic mass is 19.1. The number of pyridine rings is 1. The van der Waals surface area contributed by atoms with Gasteiger partial charge in [-0.1, -0.05) is 0 Å². The molecular formula is C24H25F3N6O. The first-order valence-corrected chi connectivity index (χ1v) is 11.0. The maximum absolute atomic E-state index is 14.4.